The summed E-state index contributed by atoms with van der Waals surface area (Å²) in [5.41, 5.74) is -0.598. The van der Waals surface area contributed by atoms with Crippen LogP contribution < -0.4 is 10.1 Å². The Morgan fingerprint density at radius 2 is 1.84 bits per heavy atom. The molecule has 2 aromatic carbocycles. The number of hydrogen-bond donors (Lipinski definition) is 1. The molecule has 5 nitrogen and oxygen atoms in total. The molecule has 1 atom stereocenters. The number of benzene rings is 2. The number of halogens is 2. The monoisotopic (exact) mass is 422 g/mol. The predicted octanol–water partition coefficient (Wildman–Crippen LogP) is 3.95. The van der Waals surface area contributed by atoms with Crippen molar-refractivity contribution in [3.05, 3.63) is 63.6 Å². The molecule has 0 saturated carbocycles. The van der Waals surface area contributed by atoms with Gasteiger partial charge in [0, 0.05) is 15.1 Å². The first-order chi connectivity index (χ1) is 11.9. The average Bonchev–Trinajstić information content (AvgIpc) is 2.81. The lowest BCUT2D eigenvalue weighted by molar-refractivity contribution is -0.131. The van der Waals surface area contributed by atoms with Crippen LogP contribution in [0.5, 0.6) is 5.75 Å². The van der Waals surface area contributed by atoms with E-state index in [2.05, 4.69) is 21.2 Å². The Kier molecular flexibility index (Phi) is 5.01. The highest BCUT2D eigenvalue weighted by molar-refractivity contribution is 9.10. The van der Waals surface area contributed by atoms with Crippen molar-refractivity contribution in [2.75, 3.05) is 13.2 Å². The first-order valence-corrected chi connectivity index (χ1v) is 8.86. The molecule has 1 aliphatic heterocycles. The standard InChI is InChI=1S/C18H16BrClN2O3/c1-18(14-4-2-3-5-15(14)20)16(23)22(17(24)21-18)10-11-25-13-8-6-12(19)7-9-13/h2-9H,10-11H2,1H3,(H,21,24)/t18-/m1/s1. The first kappa shape index (κ1) is 17.8. The number of amides is 3. The van der Waals surface area contributed by atoms with E-state index >= 15 is 0 Å². The third-order valence-electron chi connectivity index (χ3n) is 4.08. The molecule has 25 heavy (non-hydrogen) atoms. The smallest absolute Gasteiger partial charge is 0.325 e. The van der Waals surface area contributed by atoms with Gasteiger partial charge in [0.2, 0.25) is 0 Å². The fraction of sp³-hybridized carbons (Fsp3) is 0.222. The zero-order valence-corrected chi connectivity index (χ0v) is 15.8. The molecule has 0 spiro atoms. The molecule has 1 aliphatic rings. The van der Waals surface area contributed by atoms with Crippen molar-refractivity contribution in [3.63, 3.8) is 0 Å². The van der Waals surface area contributed by atoms with Gasteiger partial charge in [-0.2, -0.15) is 0 Å². The van der Waals surface area contributed by atoms with Crippen LogP contribution in [0.25, 0.3) is 0 Å². The molecule has 0 aliphatic carbocycles. The molecule has 1 saturated heterocycles. The highest BCUT2D eigenvalue weighted by Gasteiger charge is 2.49. The van der Waals surface area contributed by atoms with Crippen LogP contribution in [-0.4, -0.2) is 30.0 Å². The summed E-state index contributed by atoms with van der Waals surface area (Å²) in [6, 6.07) is 13.9. The van der Waals surface area contributed by atoms with Gasteiger partial charge in [-0.05, 0) is 37.3 Å². The van der Waals surface area contributed by atoms with Crippen LogP contribution in [0.3, 0.4) is 0 Å². The normalized spacial score (nSPS) is 19.9. The number of hydrogen-bond acceptors (Lipinski definition) is 3. The van der Waals surface area contributed by atoms with Crippen LogP contribution in [0.2, 0.25) is 5.02 Å². The van der Waals surface area contributed by atoms with Crippen molar-refractivity contribution < 1.29 is 14.3 Å². The van der Waals surface area contributed by atoms with Crippen molar-refractivity contribution in [3.8, 4) is 5.75 Å². The molecule has 2 aromatic rings. The van der Waals surface area contributed by atoms with Crippen LogP contribution in [0.1, 0.15) is 12.5 Å². The van der Waals surface area contributed by atoms with E-state index < -0.39 is 11.6 Å². The van der Waals surface area contributed by atoms with Crippen LogP contribution in [0.4, 0.5) is 4.79 Å². The molecule has 0 radical (unpaired) electrons. The highest BCUT2D eigenvalue weighted by Crippen LogP contribution is 2.33. The Bertz CT molecular complexity index is 812. The van der Waals surface area contributed by atoms with E-state index in [-0.39, 0.29) is 19.1 Å². The summed E-state index contributed by atoms with van der Waals surface area (Å²) in [6.45, 7) is 2.02. The number of imide groups is 1. The lowest BCUT2D eigenvalue weighted by atomic mass is 9.92. The summed E-state index contributed by atoms with van der Waals surface area (Å²) in [5, 5.41) is 3.17. The molecule has 3 amide bonds. The van der Waals surface area contributed by atoms with Crippen molar-refractivity contribution in [2.24, 2.45) is 0 Å². The third kappa shape index (κ3) is 3.50. The van der Waals surface area contributed by atoms with Crippen molar-refractivity contribution in [2.45, 2.75) is 12.5 Å². The molecule has 3 rings (SSSR count). The third-order valence-corrected chi connectivity index (χ3v) is 4.94. The Morgan fingerprint density at radius 3 is 2.52 bits per heavy atom. The molecule has 1 fully saturated rings. The summed E-state index contributed by atoms with van der Waals surface area (Å²) >= 11 is 9.55. The van der Waals surface area contributed by atoms with Gasteiger partial charge in [0.25, 0.3) is 5.91 Å². The molecule has 0 unspecified atom stereocenters. The fourth-order valence-electron chi connectivity index (χ4n) is 2.73. The number of carbonyl (C=O) groups is 2. The second kappa shape index (κ2) is 7.06. The summed E-state index contributed by atoms with van der Waals surface area (Å²) in [5.74, 6) is 0.328. The molecule has 0 aromatic heterocycles. The maximum Gasteiger partial charge on any atom is 0.325 e. The zero-order chi connectivity index (χ0) is 18.0. The second-order valence-electron chi connectivity index (χ2n) is 5.79. The average molecular weight is 424 g/mol. The van der Waals surface area contributed by atoms with Gasteiger partial charge in [0.15, 0.2) is 0 Å². The van der Waals surface area contributed by atoms with Gasteiger partial charge in [-0.15, -0.1) is 0 Å². The minimum absolute atomic E-state index is 0.154. The molecule has 1 N–H and O–H groups in total. The lowest BCUT2D eigenvalue weighted by Crippen LogP contribution is -2.41. The van der Waals surface area contributed by atoms with Crippen LogP contribution in [0, 0.1) is 0 Å². The van der Waals surface area contributed by atoms with E-state index in [1.807, 2.05) is 24.3 Å². The zero-order valence-electron chi connectivity index (χ0n) is 13.5. The molecular formula is C18H16BrClN2O3. The van der Waals surface area contributed by atoms with E-state index in [0.29, 0.717) is 16.3 Å². The van der Waals surface area contributed by atoms with Crippen LogP contribution in [0.15, 0.2) is 53.0 Å². The van der Waals surface area contributed by atoms with Crippen LogP contribution in [-0.2, 0) is 10.3 Å². The lowest BCUT2D eigenvalue weighted by Gasteiger charge is -2.23. The van der Waals surface area contributed by atoms with Crippen molar-refractivity contribution in [1.29, 1.82) is 0 Å². The largest absolute Gasteiger partial charge is 0.492 e. The maximum absolute atomic E-state index is 12.8. The van der Waals surface area contributed by atoms with E-state index in [9.17, 15) is 9.59 Å². The summed E-state index contributed by atoms with van der Waals surface area (Å²) in [4.78, 5) is 26.2. The van der Waals surface area contributed by atoms with Crippen LogP contribution >= 0.6 is 27.5 Å². The molecule has 7 heteroatoms. The SMILES string of the molecule is C[C@]1(c2ccccc2Cl)NC(=O)N(CCOc2ccc(Br)cc2)C1=O. The Hall–Kier alpha value is -2.05. The van der Waals surface area contributed by atoms with Gasteiger partial charge in [-0.25, -0.2) is 4.79 Å². The van der Waals surface area contributed by atoms with Gasteiger partial charge in [-0.3, -0.25) is 9.69 Å². The quantitative estimate of drug-likeness (QED) is 0.741. The van der Waals surface area contributed by atoms with Gasteiger partial charge in [-0.1, -0.05) is 45.7 Å². The molecule has 130 valence electrons. The Morgan fingerprint density at radius 1 is 1.16 bits per heavy atom. The molecule has 1 heterocycles. The number of nitrogens with zero attached hydrogens (tertiary/aromatic N) is 1. The van der Waals surface area contributed by atoms with Gasteiger partial charge < -0.3 is 10.1 Å². The van der Waals surface area contributed by atoms with E-state index in [1.165, 1.54) is 0 Å². The first-order valence-electron chi connectivity index (χ1n) is 7.69. The van der Waals surface area contributed by atoms with E-state index in [0.717, 1.165) is 9.37 Å². The summed E-state index contributed by atoms with van der Waals surface area (Å²) in [7, 11) is 0. The number of carbonyl (C=O) groups excluding carboxylic acids is 2. The van der Waals surface area contributed by atoms with Crippen molar-refractivity contribution in [1.82, 2.24) is 10.2 Å². The maximum atomic E-state index is 12.8. The Labute approximate surface area is 159 Å². The van der Waals surface area contributed by atoms with Crippen molar-refractivity contribution >= 4 is 39.5 Å². The van der Waals surface area contributed by atoms with Gasteiger partial charge in [0.1, 0.15) is 17.9 Å². The Balaban J connectivity index is 1.69. The van der Waals surface area contributed by atoms with Gasteiger partial charge >= 0.3 is 6.03 Å². The highest BCUT2D eigenvalue weighted by atomic mass is 79.9. The molecule has 0 bridgehead atoms. The predicted molar refractivity (Wildman–Crippen MR) is 98.7 cm³/mol. The van der Waals surface area contributed by atoms with E-state index in [4.69, 9.17) is 16.3 Å². The fourth-order valence-corrected chi connectivity index (χ4v) is 3.32. The minimum atomic E-state index is -1.17. The summed E-state index contributed by atoms with van der Waals surface area (Å²) in [6.07, 6.45) is 0. The van der Waals surface area contributed by atoms with E-state index in [1.54, 1.807) is 31.2 Å². The number of nitrogens with one attached hydrogen (secondary N) is 1. The second-order valence-corrected chi connectivity index (χ2v) is 7.12. The minimum Gasteiger partial charge on any atom is -0.492 e. The number of rotatable bonds is 5. The summed E-state index contributed by atoms with van der Waals surface area (Å²) < 4.78 is 6.54. The topological polar surface area (TPSA) is 58.6 Å². The molecular weight excluding hydrogens is 408 g/mol. The number of urea groups is 1. The number of ether oxygens (including phenoxy) is 1. The van der Waals surface area contributed by atoms with Gasteiger partial charge in [0.05, 0.1) is 6.54 Å².